The molecule has 0 radical (unpaired) electrons. The highest BCUT2D eigenvalue weighted by molar-refractivity contribution is 14.1. The molecule has 1 unspecified atom stereocenters. The largest absolute Gasteiger partial charge is 0.353 e. The Kier molecular flexibility index (Phi) is 6.81. The van der Waals surface area contributed by atoms with E-state index in [-0.39, 0.29) is 6.29 Å². The molecule has 0 amide bonds. The first-order valence-electron chi connectivity index (χ1n) is 5.34. The molecule has 0 aromatic heterocycles. The number of unbranched alkanes of at least 4 members (excludes halogenated alkanes) is 1. The van der Waals surface area contributed by atoms with Crippen LogP contribution >= 0.6 is 22.6 Å². The van der Waals surface area contributed by atoms with E-state index in [9.17, 15) is 0 Å². The van der Waals surface area contributed by atoms with Crippen molar-refractivity contribution in [1.29, 1.82) is 0 Å². The third kappa shape index (κ3) is 5.98. The van der Waals surface area contributed by atoms with Crippen LogP contribution in [0.2, 0.25) is 0 Å². The van der Waals surface area contributed by atoms with Crippen molar-refractivity contribution in [2.45, 2.75) is 45.3 Å². The van der Waals surface area contributed by atoms with E-state index in [0.717, 1.165) is 32.5 Å². The fourth-order valence-corrected chi connectivity index (χ4v) is 1.75. The van der Waals surface area contributed by atoms with Crippen LogP contribution in [0.1, 0.15) is 39.0 Å². The van der Waals surface area contributed by atoms with Crippen molar-refractivity contribution >= 4 is 22.6 Å². The van der Waals surface area contributed by atoms with Gasteiger partial charge in [-0.05, 0) is 65.2 Å². The van der Waals surface area contributed by atoms with Gasteiger partial charge in [-0.15, -0.1) is 0 Å². The Balaban J connectivity index is 1.95. The molecule has 0 spiro atoms. The molecule has 3 heteroatoms. The summed E-state index contributed by atoms with van der Waals surface area (Å²) in [5.74, 6) is 0. The van der Waals surface area contributed by atoms with Crippen molar-refractivity contribution in [3.8, 4) is 0 Å². The summed E-state index contributed by atoms with van der Waals surface area (Å²) in [4.78, 5) is 0. The summed E-state index contributed by atoms with van der Waals surface area (Å²) in [6.07, 6.45) is 8.04. The van der Waals surface area contributed by atoms with Crippen LogP contribution in [-0.4, -0.2) is 19.5 Å². The Labute approximate surface area is 100 Å². The van der Waals surface area contributed by atoms with Crippen LogP contribution < -0.4 is 0 Å². The summed E-state index contributed by atoms with van der Waals surface area (Å²) in [5, 5.41) is 0. The Bertz CT molecular complexity index is 170. The SMILES string of the molecule is C/C(I)=C/CCCOC1CCCCO1. The maximum absolute atomic E-state index is 5.61. The molecule has 1 fully saturated rings. The fraction of sp³-hybridized carbons (Fsp3) is 0.818. The molecular weight excluding hydrogens is 291 g/mol. The van der Waals surface area contributed by atoms with E-state index in [0.29, 0.717) is 0 Å². The van der Waals surface area contributed by atoms with E-state index in [1.54, 1.807) is 0 Å². The molecule has 1 heterocycles. The van der Waals surface area contributed by atoms with E-state index >= 15 is 0 Å². The number of rotatable bonds is 5. The molecule has 82 valence electrons. The lowest BCUT2D eigenvalue weighted by molar-refractivity contribution is -0.162. The molecular formula is C11H19IO2. The molecule has 0 N–H and O–H groups in total. The van der Waals surface area contributed by atoms with E-state index in [1.807, 2.05) is 0 Å². The monoisotopic (exact) mass is 310 g/mol. The summed E-state index contributed by atoms with van der Waals surface area (Å²) < 4.78 is 12.4. The van der Waals surface area contributed by atoms with Crippen molar-refractivity contribution in [3.05, 3.63) is 9.66 Å². The molecule has 0 aromatic carbocycles. The first-order chi connectivity index (χ1) is 6.79. The highest BCUT2D eigenvalue weighted by atomic mass is 127. The fourth-order valence-electron chi connectivity index (χ4n) is 1.44. The zero-order chi connectivity index (χ0) is 10.2. The molecule has 2 nitrogen and oxygen atoms in total. The third-order valence-electron chi connectivity index (χ3n) is 2.22. The van der Waals surface area contributed by atoms with Gasteiger partial charge in [-0.3, -0.25) is 0 Å². The first kappa shape index (κ1) is 12.5. The van der Waals surface area contributed by atoms with Gasteiger partial charge in [0.15, 0.2) is 6.29 Å². The van der Waals surface area contributed by atoms with Crippen LogP contribution in [0.5, 0.6) is 0 Å². The zero-order valence-corrected chi connectivity index (χ0v) is 11.0. The molecule has 0 aliphatic carbocycles. The van der Waals surface area contributed by atoms with Crippen molar-refractivity contribution in [2.24, 2.45) is 0 Å². The second kappa shape index (κ2) is 7.65. The molecule has 1 rings (SSSR count). The van der Waals surface area contributed by atoms with Crippen LogP contribution in [0.25, 0.3) is 0 Å². The number of allylic oxidation sites excluding steroid dienone is 2. The van der Waals surface area contributed by atoms with Gasteiger partial charge in [0.1, 0.15) is 0 Å². The predicted molar refractivity (Wildman–Crippen MR) is 66.6 cm³/mol. The molecule has 0 aromatic rings. The van der Waals surface area contributed by atoms with Gasteiger partial charge in [-0.2, -0.15) is 0 Å². The molecule has 14 heavy (non-hydrogen) atoms. The van der Waals surface area contributed by atoms with Gasteiger partial charge in [0.05, 0.1) is 6.61 Å². The third-order valence-corrected chi connectivity index (χ3v) is 2.66. The van der Waals surface area contributed by atoms with E-state index in [4.69, 9.17) is 9.47 Å². The summed E-state index contributed by atoms with van der Waals surface area (Å²) in [5.41, 5.74) is 0. The molecule has 0 saturated carbocycles. The predicted octanol–water partition coefficient (Wildman–Crippen LogP) is 3.65. The molecule has 1 aliphatic rings. The van der Waals surface area contributed by atoms with Crippen LogP contribution in [0.3, 0.4) is 0 Å². The Morgan fingerprint density at radius 2 is 2.43 bits per heavy atom. The van der Waals surface area contributed by atoms with Crippen LogP contribution in [0.4, 0.5) is 0 Å². The van der Waals surface area contributed by atoms with Crippen LogP contribution in [0, 0.1) is 0 Å². The van der Waals surface area contributed by atoms with Gasteiger partial charge >= 0.3 is 0 Å². The minimum Gasteiger partial charge on any atom is -0.353 e. The van der Waals surface area contributed by atoms with E-state index < -0.39 is 0 Å². The van der Waals surface area contributed by atoms with Crippen molar-refractivity contribution in [3.63, 3.8) is 0 Å². The molecule has 0 bridgehead atoms. The smallest absolute Gasteiger partial charge is 0.157 e. The van der Waals surface area contributed by atoms with Crippen molar-refractivity contribution in [2.75, 3.05) is 13.2 Å². The standard InChI is InChI=1S/C11H19IO2/c1-10(12)6-2-4-8-13-11-7-3-5-9-14-11/h6,11H,2-5,7-9H2,1H3/b10-6-. The van der Waals surface area contributed by atoms with Gasteiger partial charge in [0.25, 0.3) is 0 Å². The van der Waals surface area contributed by atoms with Gasteiger partial charge in [0.2, 0.25) is 0 Å². The van der Waals surface area contributed by atoms with Gasteiger partial charge in [-0.1, -0.05) is 6.08 Å². The second-order valence-corrected chi connectivity index (χ2v) is 5.30. The number of ether oxygens (including phenoxy) is 2. The lowest BCUT2D eigenvalue weighted by Crippen LogP contribution is -2.22. The average molecular weight is 310 g/mol. The lowest BCUT2D eigenvalue weighted by atomic mass is 10.2. The average Bonchev–Trinajstić information content (AvgIpc) is 2.18. The maximum Gasteiger partial charge on any atom is 0.157 e. The van der Waals surface area contributed by atoms with Crippen molar-refractivity contribution < 1.29 is 9.47 Å². The highest BCUT2D eigenvalue weighted by Crippen LogP contribution is 2.14. The normalized spacial score (nSPS) is 23.9. The van der Waals surface area contributed by atoms with Gasteiger partial charge < -0.3 is 9.47 Å². The maximum atomic E-state index is 5.61. The minimum absolute atomic E-state index is 0.0772. The Morgan fingerprint density at radius 1 is 1.57 bits per heavy atom. The number of halogens is 1. The summed E-state index contributed by atoms with van der Waals surface area (Å²) in [6, 6.07) is 0. The molecule has 1 atom stereocenters. The van der Waals surface area contributed by atoms with Gasteiger partial charge in [0, 0.05) is 6.61 Å². The van der Waals surface area contributed by atoms with E-state index in [1.165, 1.54) is 16.4 Å². The molecule has 1 saturated heterocycles. The lowest BCUT2D eigenvalue weighted by Gasteiger charge is -2.22. The summed E-state index contributed by atoms with van der Waals surface area (Å²) >= 11 is 2.33. The molecule has 1 aliphatic heterocycles. The minimum atomic E-state index is 0.0772. The van der Waals surface area contributed by atoms with Crippen LogP contribution in [0.15, 0.2) is 9.66 Å². The summed E-state index contributed by atoms with van der Waals surface area (Å²) in [7, 11) is 0. The zero-order valence-electron chi connectivity index (χ0n) is 8.80. The topological polar surface area (TPSA) is 18.5 Å². The quantitative estimate of drug-likeness (QED) is 0.570. The first-order valence-corrected chi connectivity index (χ1v) is 6.42. The summed E-state index contributed by atoms with van der Waals surface area (Å²) in [6.45, 7) is 3.81. The highest BCUT2D eigenvalue weighted by Gasteiger charge is 2.12. The van der Waals surface area contributed by atoms with E-state index in [2.05, 4.69) is 35.6 Å². The van der Waals surface area contributed by atoms with Crippen LogP contribution in [-0.2, 0) is 9.47 Å². The van der Waals surface area contributed by atoms with Gasteiger partial charge in [-0.25, -0.2) is 0 Å². The Hall–Kier alpha value is 0.390. The van der Waals surface area contributed by atoms with Crippen molar-refractivity contribution in [1.82, 2.24) is 0 Å². The number of hydrogen-bond donors (Lipinski definition) is 0. The Morgan fingerprint density at radius 3 is 3.07 bits per heavy atom. The second-order valence-electron chi connectivity index (χ2n) is 3.60. The number of hydrogen-bond acceptors (Lipinski definition) is 2.